The van der Waals surface area contributed by atoms with Crippen molar-refractivity contribution in [3.05, 3.63) is 11.6 Å². The molecule has 0 amide bonds. The SMILES string of the molecule is Cn1nnnc1N1CC=C(C2(C(=O)O)CCC2)CC1. The molecule has 1 fully saturated rings. The highest BCUT2D eigenvalue weighted by Crippen LogP contribution is 2.49. The van der Waals surface area contributed by atoms with E-state index >= 15 is 0 Å². The van der Waals surface area contributed by atoms with Crippen LogP contribution in [0.15, 0.2) is 11.6 Å². The standard InChI is InChI=1S/C12H17N5O2/c1-16-11(13-14-15-16)17-7-3-9(4-8-17)12(10(18)19)5-2-6-12/h3H,2,4-8H2,1H3,(H,18,19). The predicted molar refractivity (Wildman–Crippen MR) is 67.6 cm³/mol. The Balaban J connectivity index is 1.77. The quantitative estimate of drug-likeness (QED) is 0.804. The Hall–Kier alpha value is -1.92. The lowest BCUT2D eigenvalue weighted by Crippen LogP contribution is -2.43. The zero-order chi connectivity index (χ0) is 13.5. The number of hydrogen-bond acceptors (Lipinski definition) is 5. The molecule has 19 heavy (non-hydrogen) atoms. The van der Waals surface area contributed by atoms with Crippen LogP contribution in [0, 0.1) is 5.41 Å². The Labute approximate surface area is 110 Å². The van der Waals surface area contributed by atoms with E-state index in [0.717, 1.165) is 43.7 Å². The zero-order valence-electron chi connectivity index (χ0n) is 10.9. The average molecular weight is 263 g/mol. The van der Waals surface area contributed by atoms with Crippen molar-refractivity contribution in [3.63, 3.8) is 0 Å². The third kappa shape index (κ3) is 1.80. The molecule has 1 aromatic rings. The van der Waals surface area contributed by atoms with E-state index in [9.17, 15) is 9.90 Å². The lowest BCUT2D eigenvalue weighted by molar-refractivity contribution is -0.151. The first kappa shape index (κ1) is 12.1. The number of aryl methyl sites for hydroxylation is 1. The Morgan fingerprint density at radius 1 is 1.47 bits per heavy atom. The summed E-state index contributed by atoms with van der Waals surface area (Å²) in [6.07, 6.45) is 5.39. The molecule has 3 rings (SSSR count). The van der Waals surface area contributed by atoms with Crippen LogP contribution in [0.2, 0.25) is 0 Å². The maximum Gasteiger partial charge on any atom is 0.313 e. The smallest absolute Gasteiger partial charge is 0.313 e. The van der Waals surface area contributed by atoms with Crippen molar-refractivity contribution in [3.8, 4) is 0 Å². The number of aliphatic carboxylic acids is 1. The third-order valence-corrected chi connectivity index (χ3v) is 4.32. The summed E-state index contributed by atoms with van der Waals surface area (Å²) in [5.74, 6) is 0.0621. The molecular weight excluding hydrogens is 246 g/mol. The number of carboxylic acid groups (broad SMARTS) is 1. The van der Waals surface area contributed by atoms with Crippen LogP contribution in [0.1, 0.15) is 25.7 Å². The molecule has 0 bridgehead atoms. The van der Waals surface area contributed by atoms with Gasteiger partial charge < -0.3 is 10.0 Å². The minimum Gasteiger partial charge on any atom is -0.481 e. The monoisotopic (exact) mass is 263 g/mol. The fourth-order valence-corrected chi connectivity index (χ4v) is 2.98. The topological polar surface area (TPSA) is 84.1 Å². The van der Waals surface area contributed by atoms with Gasteiger partial charge in [0.25, 0.3) is 0 Å². The second-order valence-corrected chi connectivity index (χ2v) is 5.27. The van der Waals surface area contributed by atoms with Crippen LogP contribution < -0.4 is 4.90 Å². The van der Waals surface area contributed by atoms with Crippen LogP contribution in [0.5, 0.6) is 0 Å². The van der Waals surface area contributed by atoms with E-state index in [1.165, 1.54) is 0 Å². The molecule has 0 unspecified atom stereocenters. The molecule has 2 aliphatic rings. The summed E-state index contributed by atoms with van der Waals surface area (Å²) in [5.41, 5.74) is 0.502. The third-order valence-electron chi connectivity index (χ3n) is 4.32. The van der Waals surface area contributed by atoms with Gasteiger partial charge in [-0.1, -0.05) is 23.2 Å². The number of hydrogen-bond donors (Lipinski definition) is 1. The van der Waals surface area contributed by atoms with Crippen molar-refractivity contribution in [2.75, 3.05) is 18.0 Å². The van der Waals surface area contributed by atoms with Gasteiger partial charge in [0.15, 0.2) is 0 Å². The summed E-state index contributed by atoms with van der Waals surface area (Å²) >= 11 is 0. The van der Waals surface area contributed by atoms with Crippen LogP contribution in [0.4, 0.5) is 5.95 Å². The maximum atomic E-state index is 11.5. The van der Waals surface area contributed by atoms with Gasteiger partial charge in [-0.05, 0) is 29.7 Å². The molecule has 1 saturated carbocycles. The fraction of sp³-hybridized carbons (Fsp3) is 0.667. The molecule has 7 nitrogen and oxygen atoms in total. The van der Waals surface area contributed by atoms with Gasteiger partial charge in [-0.15, -0.1) is 0 Å². The van der Waals surface area contributed by atoms with Crippen LogP contribution in [-0.2, 0) is 11.8 Å². The predicted octanol–water partition coefficient (Wildman–Crippen LogP) is 0.601. The van der Waals surface area contributed by atoms with Gasteiger partial charge in [0.05, 0.1) is 5.41 Å². The lowest BCUT2D eigenvalue weighted by atomic mass is 9.62. The van der Waals surface area contributed by atoms with Crippen molar-refractivity contribution < 1.29 is 9.90 Å². The molecule has 2 heterocycles. The summed E-state index contributed by atoms with van der Waals surface area (Å²) in [7, 11) is 1.80. The number of carboxylic acids is 1. The van der Waals surface area contributed by atoms with Gasteiger partial charge in [-0.3, -0.25) is 4.79 Å². The number of anilines is 1. The number of carbonyl (C=O) groups is 1. The Morgan fingerprint density at radius 2 is 2.26 bits per heavy atom. The van der Waals surface area contributed by atoms with Crippen molar-refractivity contribution in [1.82, 2.24) is 20.2 Å². The maximum absolute atomic E-state index is 11.5. The minimum absolute atomic E-state index is 0.579. The normalized spacial score (nSPS) is 21.7. The molecule has 102 valence electrons. The van der Waals surface area contributed by atoms with E-state index in [1.54, 1.807) is 11.7 Å². The minimum atomic E-state index is -0.668. The molecule has 7 heteroatoms. The second kappa shape index (κ2) is 4.32. The number of aromatic nitrogens is 4. The highest BCUT2D eigenvalue weighted by Gasteiger charge is 2.47. The summed E-state index contributed by atoms with van der Waals surface area (Å²) < 4.78 is 1.63. The number of nitrogens with zero attached hydrogens (tertiary/aromatic N) is 5. The van der Waals surface area contributed by atoms with Gasteiger partial charge >= 0.3 is 5.97 Å². The molecule has 1 N–H and O–H groups in total. The van der Waals surface area contributed by atoms with Gasteiger partial charge in [0.2, 0.25) is 5.95 Å². The molecule has 0 radical (unpaired) electrons. The lowest BCUT2D eigenvalue weighted by Gasteiger charge is -2.42. The molecule has 1 aliphatic carbocycles. The van der Waals surface area contributed by atoms with Gasteiger partial charge in [0.1, 0.15) is 0 Å². The van der Waals surface area contributed by atoms with E-state index in [1.807, 2.05) is 6.08 Å². The Kier molecular flexibility index (Phi) is 2.76. The van der Waals surface area contributed by atoms with E-state index in [2.05, 4.69) is 20.4 Å². The van der Waals surface area contributed by atoms with E-state index in [-0.39, 0.29) is 0 Å². The first-order valence-corrected chi connectivity index (χ1v) is 6.54. The number of rotatable bonds is 3. The van der Waals surface area contributed by atoms with Gasteiger partial charge in [-0.25, -0.2) is 4.68 Å². The van der Waals surface area contributed by atoms with Gasteiger partial charge in [-0.2, -0.15) is 0 Å². The van der Waals surface area contributed by atoms with E-state index in [4.69, 9.17) is 0 Å². The van der Waals surface area contributed by atoms with E-state index in [0.29, 0.717) is 6.54 Å². The molecule has 0 atom stereocenters. The van der Waals surface area contributed by atoms with Gasteiger partial charge in [0, 0.05) is 20.1 Å². The molecule has 1 aliphatic heterocycles. The first-order valence-electron chi connectivity index (χ1n) is 6.54. The van der Waals surface area contributed by atoms with Crippen LogP contribution in [0.3, 0.4) is 0 Å². The summed E-state index contributed by atoms with van der Waals surface area (Å²) in [6, 6.07) is 0. The van der Waals surface area contributed by atoms with Crippen LogP contribution in [0.25, 0.3) is 0 Å². The summed E-state index contributed by atoms with van der Waals surface area (Å²) in [6.45, 7) is 1.45. The second-order valence-electron chi connectivity index (χ2n) is 5.27. The summed E-state index contributed by atoms with van der Waals surface area (Å²) in [5, 5.41) is 20.9. The Bertz CT molecular complexity index is 532. The Morgan fingerprint density at radius 3 is 2.68 bits per heavy atom. The largest absolute Gasteiger partial charge is 0.481 e. The van der Waals surface area contributed by atoms with Crippen molar-refractivity contribution in [1.29, 1.82) is 0 Å². The average Bonchev–Trinajstić information content (AvgIpc) is 2.74. The highest BCUT2D eigenvalue weighted by molar-refractivity contribution is 5.80. The molecule has 0 spiro atoms. The molecule has 1 aromatic heterocycles. The van der Waals surface area contributed by atoms with Crippen molar-refractivity contribution in [2.45, 2.75) is 25.7 Å². The molecule has 0 aromatic carbocycles. The number of tetrazole rings is 1. The fourth-order valence-electron chi connectivity index (χ4n) is 2.98. The highest BCUT2D eigenvalue weighted by atomic mass is 16.4. The van der Waals surface area contributed by atoms with Crippen LogP contribution in [-0.4, -0.2) is 44.4 Å². The van der Waals surface area contributed by atoms with Crippen LogP contribution >= 0.6 is 0 Å². The molecular formula is C12H17N5O2. The van der Waals surface area contributed by atoms with E-state index < -0.39 is 11.4 Å². The molecule has 0 saturated heterocycles. The first-order chi connectivity index (χ1) is 9.13. The zero-order valence-corrected chi connectivity index (χ0v) is 10.9. The van der Waals surface area contributed by atoms with Crippen molar-refractivity contribution >= 4 is 11.9 Å². The summed E-state index contributed by atoms with van der Waals surface area (Å²) in [4.78, 5) is 13.5. The van der Waals surface area contributed by atoms with Crippen molar-refractivity contribution in [2.24, 2.45) is 12.5 Å².